The van der Waals surface area contributed by atoms with E-state index in [1.165, 1.54) is 9.80 Å². The molecule has 3 amide bonds. The second-order valence-corrected chi connectivity index (χ2v) is 12.1. The zero-order valence-corrected chi connectivity index (χ0v) is 23.1. The molecule has 2 aromatic carbocycles. The predicted octanol–water partition coefficient (Wildman–Crippen LogP) is 3.61. The Morgan fingerprint density at radius 1 is 1.15 bits per heavy atom. The smallest absolute Gasteiger partial charge is 0.246 e. The van der Waals surface area contributed by atoms with Crippen molar-refractivity contribution in [1.82, 2.24) is 15.1 Å². The molecule has 2 aromatic rings. The first-order valence-electron chi connectivity index (χ1n) is 13.7. The van der Waals surface area contributed by atoms with Crippen molar-refractivity contribution in [2.75, 3.05) is 18.4 Å². The number of nitriles is 1. The molecule has 2 saturated heterocycles. The van der Waals surface area contributed by atoms with Crippen LogP contribution in [0.5, 0.6) is 0 Å². The normalized spacial score (nSPS) is 24.4. The molecule has 0 radical (unpaired) electrons. The van der Waals surface area contributed by atoms with Gasteiger partial charge in [0, 0.05) is 43.4 Å². The Bertz CT molecular complexity index is 1450. The minimum absolute atomic E-state index is 0.0296. The summed E-state index contributed by atoms with van der Waals surface area (Å²) in [6.07, 6.45) is 1.12. The number of benzene rings is 2. The summed E-state index contributed by atoms with van der Waals surface area (Å²) in [4.78, 5) is 43.9. The first-order valence-corrected chi connectivity index (χ1v) is 13.7. The SMILES string of the molecule is CC(C)(C)C(NCc1cc(F)c(F)cc1F)C(=O)N1CCC[C@H]1C(=O)N1C[C@]2(C[C@H]1C#N)C(=O)Nc1ccccc12. The molecule has 4 atom stereocenters. The third kappa shape index (κ3) is 4.95. The Balaban J connectivity index is 1.37. The largest absolute Gasteiger partial charge is 0.329 e. The number of nitrogens with one attached hydrogen (secondary N) is 2. The molecule has 8 nitrogen and oxygen atoms in total. The van der Waals surface area contributed by atoms with Crippen molar-refractivity contribution in [2.24, 2.45) is 5.41 Å². The summed E-state index contributed by atoms with van der Waals surface area (Å²) in [6, 6.07) is 8.08. The topological polar surface area (TPSA) is 106 Å². The molecule has 0 saturated carbocycles. The number of likely N-dealkylation sites (tertiary alicyclic amines) is 2. The van der Waals surface area contributed by atoms with E-state index < -0.39 is 52.3 Å². The molecule has 11 heteroatoms. The van der Waals surface area contributed by atoms with E-state index in [0.717, 1.165) is 11.6 Å². The number of fused-ring (bicyclic) bond motifs is 2. The van der Waals surface area contributed by atoms with E-state index in [-0.39, 0.29) is 36.9 Å². The molecule has 0 bridgehead atoms. The van der Waals surface area contributed by atoms with Crippen molar-refractivity contribution in [3.63, 3.8) is 0 Å². The lowest BCUT2D eigenvalue weighted by molar-refractivity contribution is -0.146. The van der Waals surface area contributed by atoms with Gasteiger partial charge in [-0.25, -0.2) is 13.2 Å². The number of nitrogens with zero attached hydrogens (tertiary/aromatic N) is 3. The van der Waals surface area contributed by atoms with Crippen molar-refractivity contribution >= 4 is 23.4 Å². The van der Waals surface area contributed by atoms with Gasteiger partial charge in [-0.1, -0.05) is 39.0 Å². The highest BCUT2D eigenvalue weighted by molar-refractivity contribution is 6.07. The van der Waals surface area contributed by atoms with Crippen LogP contribution in [0.1, 0.15) is 51.2 Å². The van der Waals surface area contributed by atoms with Crippen LogP contribution in [0.2, 0.25) is 0 Å². The van der Waals surface area contributed by atoms with Crippen molar-refractivity contribution < 1.29 is 27.6 Å². The van der Waals surface area contributed by atoms with Crippen LogP contribution in [0.3, 0.4) is 0 Å². The number of hydrogen-bond donors (Lipinski definition) is 2. The van der Waals surface area contributed by atoms with Crippen molar-refractivity contribution in [3.8, 4) is 6.07 Å². The summed E-state index contributed by atoms with van der Waals surface area (Å²) < 4.78 is 41.4. The molecular weight excluding hydrogens is 535 g/mol. The molecule has 1 spiro atoms. The van der Waals surface area contributed by atoms with Crippen LogP contribution >= 0.6 is 0 Å². The minimum Gasteiger partial charge on any atom is -0.329 e. The second kappa shape index (κ2) is 10.5. The van der Waals surface area contributed by atoms with Crippen LogP contribution in [0, 0.1) is 34.2 Å². The van der Waals surface area contributed by atoms with E-state index in [2.05, 4.69) is 16.7 Å². The molecule has 41 heavy (non-hydrogen) atoms. The molecule has 2 N–H and O–H groups in total. The average Bonchev–Trinajstić information content (AvgIpc) is 3.63. The zero-order valence-electron chi connectivity index (χ0n) is 23.1. The van der Waals surface area contributed by atoms with Gasteiger partial charge in [-0.15, -0.1) is 0 Å². The lowest BCUT2D eigenvalue weighted by Crippen LogP contribution is -2.57. The molecular formula is C30H32F3N5O3. The number of para-hydroxylation sites is 1. The maximum absolute atomic E-state index is 14.3. The molecule has 216 valence electrons. The number of hydrogen-bond acceptors (Lipinski definition) is 5. The fourth-order valence-corrected chi connectivity index (χ4v) is 6.31. The minimum atomic E-state index is -1.30. The van der Waals surface area contributed by atoms with Crippen LogP contribution in [0.15, 0.2) is 36.4 Å². The summed E-state index contributed by atoms with van der Waals surface area (Å²) in [5, 5.41) is 15.8. The summed E-state index contributed by atoms with van der Waals surface area (Å²) in [6.45, 7) is 5.53. The van der Waals surface area contributed by atoms with Gasteiger partial charge < -0.3 is 20.4 Å². The fraction of sp³-hybridized carbons (Fsp3) is 0.467. The Morgan fingerprint density at radius 2 is 1.85 bits per heavy atom. The van der Waals surface area contributed by atoms with Gasteiger partial charge in [-0.2, -0.15) is 5.26 Å². The maximum atomic E-state index is 14.3. The van der Waals surface area contributed by atoms with Gasteiger partial charge in [0.15, 0.2) is 11.6 Å². The van der Waals surface area contributed by atoms with Crippen LogP contribution in [0.25, 0.3) is 0 Å². The monoisotopic (exact) mass is 567 g/mol. The molecule has 0 aromatic heterocycles. The van der Waals surface area contributed by atoms with Crippen LogP contribution in [-0.4, -0.2) is 58.7 Å². The van der Waals surface area contributed by atoms with E-state index >= 15 is 0 Å². The van der Waals surface area contributed by atoms with Gasteiger partial charge in [0.25, 0.3) is 0 Å². The van der Waals surface area contributed by atoms with Crippen molar-refractivity contribution in [3.05, 3.63) is 65.0 Å². The van der Waals surface area contributed by atoms with Crippen molar-refractivity contribution in [1.29, 1.82) is 5.26 Å². The highest BCUT2D eigenvalue weighted by atomic mass is 19.2. The fourth-order valence-electron chi connectivity index (χ4n) is 6.31. The summed E-state index contributed by atoms with van der Waals surface area (Å²) in [5.41, 5.74) is -0.432. The average molecular weight is 568 g/mol. The van der Waals surface area contributed by atoms with Gasteiger partial charge in [-0.3, -0.25) is 14.4 Å². The summed E-state index contributed by atoms with van der Waals surface area (Å²) >= 11 is 0. The van der Waals surface area contributed by atoms with E-state index in [1.807, 2.05) is 32.9 Å². The van der Waals surface area contributed by atoms with Gasteiger partial charge in [0.2, 0.25) is 17.7 Å². The molecule has 0 aliphatic carbocycles. The quantitative estimate of drug-likeness (QED) is 0.537. The standard InChI is InChI=1S/C30H32F3N5O3/c1-29(2,3)25(35-15-17-11-21(32)22(33)12-20(17)31)27(40)37-10-6-9-24(37)26(39)38-16-30(13-18(38)14-34)19-7-4-5-8-23(19)36-28(30)41/h4-5,7-8,11-12,18,24-25,35H,6,9-10,13,15-16H2,1-3H3,(H,36,41)/t18-,24-,25?,30-/m0/s1. The van der Waals surface area contributed by atoms with E-state index in [0.29, 0.717) is 31.1 Å². The molecule has 3 heterocycles. The van der Waals surface area contributed by atoms with Gasteiger partial charge >= 0.3 is 0 Å². The molecule has 1 unspecified atom stereocenters. The molecule has 3 aliphatic rings. The second-order valence-electron chi connectivity index (χ2n) is 12.1. The van der Waals surface area contributed by atoms with Gasteiger partial charge in [0.05, 0.1) is 17.5 Å². The van der Waals surface area contributed by atoms with E-state index in [1.54, 1.807) is 12.1 Å². The molecule has 5 rings (SSSR count). The summed E-state index contributed by atoms with van der Waals surface area (Å²) in [5.74, 6) is -4.46. The van der Waals surface area contributed by atoms with Crippen molar-refractivity contribution in [2.45, 2.75) is 70.1 Å². The number of anilines is 1. The van der Waals surface area contributed by atoms with E-state index in [4.69, 9.17) is 0 Å². The Labute approximate surface area is 236 Å². The van der Waals surface area contributed by atoms with E-state index in [9.17, 15) is 32.8 Å². The lowest BCUT2D eigenvalue weighted by atomic mass is 9.80. The summed E-state index contributed by atoms with van der Waals surface area (Å²) in [7, 11) is 0. The third-order valence-corrected chi connectivity index (χ3v) is 8.44. The number of amides is 3. The zero-order chi connectivity index (χ0) is 29.7. The van der Waals surface area contributed by atoms with Crippen LogP contribution in [0.4, 0.5) is 18.9 Å². The lowest BCUT2D eigenvalue weighted by Gasteiger charge is -2.37. The Morgan fingerprint density at radius 3 is 2.56 bits per heavy atom. The number of rotatable bonds is 5. The molecule has 2 fully saturated rings. The van der Waals surface area contributed by atoms with Crippen LogP contribution < -0.4 is 10.6 Å². The highest BCUT2D eigenvalue weighted by Crippen LogP contribution is 2.46. The first-order chi connectivity index (χ1) is 19.4. The number of carbonyl (C=O) groups excluding carboxylic acids is 3. The highest BCUT2D eigenvalue weighted by Gasteiger charge is 2.57. The maximum Gasteiger partial charge on any atom is 0.246 e. The first kappa shape index (κ1) is 28.6. The Kier molecular flexibility index (Phi) is 7.32. The van der Waals surface area contributed by atoms with Gasteiger partial charge in [0.1, 0.15) is 17.9 Å². The predicted molar refractivity (Wildman–Crippen MR) is 144 cm³/mol. The number of halogens is 3. The Hall–Kier alpha value is -3.91. The number of carbonyl (C=O) groups is 3. The molecule has 3 aliphatic heterocycles. The van der Waals surface area contributed by atoms with Gasteiger partial charge in [-0.05, 0) is 36.0 Å². The third-order valence-electron chi connectivity index (χ3n) is 8.44. The van der Waals surface area contributed by atoms with Crippen LogP contribution in [-0.2, 0) is 26.3 Å².